The van der Waals surface area contributed by atoms with Crippen LogP contribution in [0.3, 0.4) is 0 Å². The van der Waals surface area contributed by atoms with E-state index in [2.05, 4.69) is 34.3 Å². The molecule has 0 radical (unpaired) electrons. The van der Waals surface area contributed by atoms with Gasteiger partial charge in [-0.1, -0.05) is 18.2 Å². The third-order valence-electron chi connectivity index (χ3n) is 4.60. The van der Waals surface area contributed by atoms with Gasteiger partial charge in [0.05, 0.1) is 29.3 Å². The predicted molar refractivity (Wildman–Crippen MR) is 107 cm³/mol. The maximum Gasteiger partial charge on any atom is 0.253 e. The van der Waals surface area contributed by atoms with Crippen molar-refractivity contribution >= 4 is 16.9 Å². The predicted octanol–water partition coefficient (Wildman–Crippen LogP) is 3.44. The van der Waals surface area contributed by atoms with Crippen LogP contribution in [0.4, 0.5) is 0 Å². The van der Waals surface area contributed by atoms with Crippen molar-refractivity contribution in [1.29, 1.82) is 0 Å². The topological polar surface area (TPSA) is 77.6 Å². The van der Waals surface area contributed by atoms with Crippen LogP contribution in [0.15, 0.2) is 55.0 Å². The fourth-order valence-electron chi connectivity index (χ4n) is 3.12. The largest absolute Gasteiger partial charge is 0.348 e. The number of aryl methyl sites for hydroxylation is 1. The van der Waals surface area contributed by atoms with Crippen LogP contribution in [0.25, 0.3) is 16.7 Å². The second-order valence-electron chi connectivity index (χ2n) is 7.03. The first-order valence-electron chi connectivity index (χ1n) is 9.25. The quantitative estimate of drug-likeness (QED) is 0.580. The van der Waals surface area contributed by atoms with Crippen LogP contribution in [-0.4, -0.2) is 30.5 Å². The maximum atomic E-state index is 12.7. The molecule has 7 heteroatoms. The fourth-order valence-corrected chi connectivity index (χ4v) is 3.12. The van der Waals surface area contributed by atoms with Gasteiger partial charge in [-0.05, 0) is 39.0 Å². The summed E-state index contributed by atoms with van der Waals surface area (Å²) in [7, 11) is 0. The zero-order valence-corrected chi connectivity index (χ0v) is 16.1. The van der Waals surface area contributed by atoms with E-state index in [0.29, 0.717) is 17.8 Å². The van der Waals surface area contributed by atoms with E-state index in [1.807, 2.05) is 54.2 Å². The van der Waals surface area contributed by atoms with Crippen LogP contribution >= 0.6 is 0 Å². The molecule has 1 aromatic carbocycles. The molecule has 0 saturated carbocycles. The summed E-state index contributed by atoms with van der Waals surface area (Å²) < 4.78 is 3.66. The zero-order valence-electron chi connectivity index (χ0n) is 16.1. The summed E-state index contributed by atoms with van der Waals surface area (Å²) in [5.74, 6) is -0.156. The van der Waals surface area contributed by atoms with Gasteiger partial charge in [-0.2, -0.15) is 10.2 Å². The number of nitrogens with zero attached hydrogens (tertiary/aromatic N) is 5. The van der Waals surface area contributed by atoms with Crippen molar-refractivity contribution in [3.8, 4) is 5.69 Å². The van der Waals surface area contributed by atoms with Crippen LogP contribution in [0.2, 0.25) is 0 Å². The minimum Gasteiger partial charge on any atom is -0.348 e. The molecular formula is C21H22N6O. The monoisotopic (exact) mass is 374 g/mol. The summed E-state index contributed by atoms with van der Waals surface area (Å²) in [5.41, 5.74) is 3.95. The van der Waals surface area contributed by atoms with Gasteiger partial charge in [-0.3, -0.25) is 4.79 Å². The normalized spacial score (nSPS) is 11.3. The van der Waals surface area contributed by atoms with Gasteiger partial charge in [0.15, 0.2) is 5.65 Å². The Morgan fingerprint density at radius 3 is 2.68 bits per heavy atom. The SMILES string of the molecule is Cc1nc2c(cnn2C(C)C)cc1C(=O)NCc1cnn(-c2ccccc2)c1. The van der Waals surface area contributed by atoms with E-state index in [1.54, 1.807) is 17.1 Å². The number of amides is 1. The summed E-state index contributed by atoms with van der Waals surface area (Å²) >= 11 is 0. The molecule has 4 rings (SSSR count). The van der Waals surface area contributed by atoms with Crippen molar-refractivity contribution in [3.63, 3.8) is 0 Å². The summed E-state index contributed by atoms with van der Waals surface area (Å²) in [6, 6.07) is 11.9. The summed E-state index contributed by atoms with van der Waals surface area (Å²) in [6.07, 6.45) is 5.42. The molecule has 0 saturated heterocycles. The number of nitrogens with one attached hydrogen (secondary N) is 1. The highest BCUT2D eigenvalue weighted by Crippen LogP contribution is 2.19. The second-order valence-corrected chi connectivity index (χ2v) is 7.03. The number of fused-ring (bicyclic) bond motifs is 1. The van der Waals surface area contributed by atoms with Crippen LogP contribution in [-0.2, 0) is 6.54 Å². The van der Waals surface area contributed by atoms with Crippen molar-refractivity contribution in [3.05, 3.63) is 71.8 Å². The summed E-state index contributed by atoms with van der Waals surface area (Å²) in [5, 5.41) is 12.5. The van der Waals surface area contributed by atoms with Gasteiger partial charge in [0.2, 0.25) is 0 Å². The van der Waals surface area contributed by atoms with Gasteiger partial charge >= 0.3 is 0 Å². The lowest BCUT2D eigenvalue weighted by atomic mass is 10.1. The highest BCUT2D eigenvalue weighted by molar-refractivity contribution is 5.98. The Kier molecular flexibility index (Phi) is 4.65. The number of hydrogen-bond donors (Lipinski definition) is 1. The van der Waals surface area contributed by atoms with Gasteiger partial charge in [-0.25, -0.2) is 14.3 Å². The molecular weight excluding hydrogens is 352 g/mol. The molecule has 28 heavy (non-hydrogen) atoms. The van der Waals surface area contributed by atoms with Crippen LogP contribution in [0, 0.1) is 6.92 Å². The highest BCUT2D eigenvalue weighted by atomic mass is 16.1. The number of para-hydroxylation sites is 1. The third kappa shape index (κ3) is 3.38. The zero-order chi connectivity index (χ0) is 19.7. The molecule has 0 fully saturated rings. The van der Waals surface area contributed by atoms with Crippen molar-refractivity contribution in [2.24, 2.45) is 0 Å². The lowest BCUT2D eigenvalue weighted by Gasteiger charge is -2.09. The molecule has 0 aliphatic carbocycles. The molecule has 0 aliphatic rings. The third-order valence-corrected chi connectivity index (χ3v) is 4.60. The van der Waals surface area contributed by atoms with Gasteiger partial charge < -0.3 is 5.32 Å². The standard InChI is InChI=1S/C21H22N6O/c1-14(2)27-20-17(12-24-27)9-19(15(3)25-20)21(28)22-10-16-11-23-26(13-16)18-7-5-4-6-8-18/h4-9,11-14H,10H2,1-3H3,(H,22,28). The molecule has 7 nitrogen and oxygen atoms in total. The molecule has 3 heterocycles. The maximum absolute atomic E-state index is 12.7. The number of benzene rings is 1. The van der Waals surface area contributed by atoms with Crippen molar-refractivity contribution in [1.82, 2.24) is 29.9 Å². The first-order valence-corrected chi connectivity index (χ1v) is 9.25. The van der Waals surface area contributed by atoms with E-state index in [4.69, 9.17) is 0 Å². The molecule has 3 aromatic heterocycles. The first-order chi connectivity index (χ1) is 13.5. The van der Waals surface area contributed by atoms with Gasteiger partial charge in [0.1, 0.15) is 0 Å². The van der Waals surface area contributed by atoms with E-state index in [0.717, 1.165) is 22.3 Å². The molecule has 0 bridgehead atoms. The van der Waals surface area contributed by atoms with Gasteiger partial charge in [0, 0.05) is 29.7 Å². The van der Waals surface area contributed by atoms with E-state index in [-0.39, 0.29) is 11.9 Å². The highest BCUT2D eigenvalue weighted by Gasteiger charge is 2.15. The lowest BCUT2D eigenvalue weighted by molar-refractivity contribution is 0.0950. The van der Waals surface area contributed by atoms with E-state index < -0.39 is 0 Å². The van der Waals surface area contributed by atoms with Crippen LogP contribution in [0.5, 0.6) is 0 Å². The molecule has 4 aromatic rings. The van der Waals surface area contributed by atoms with E-state index in [9.17, 15) is 4.79 Å². The summed E-state index contributed by atoms with van der Waals surface area (Å²) in [6.45, 7) is 6.35. The van der Waals surface area contributed by atoms with Crippen molar-refractivity contribution in [2.45, 2.75) is 33.4 Å². The molecule has 0 unspecified atom stereocenters. The Hall–Kier alpha value is -3.48. The average molecular weight is 374 g/mol. The minimum atomic E-state index is -0.156. The summed E-state index contributed by atoms with van der Waals surface area (Å²) in [4.78, 5) is 17.3. The molecule has 0 aliphatic heterocycles. The number of hydrogen-bond acceptors (Lipinski definition) is 4. The van der Waals surface area contributed by atoms with Crippen LogP contribution < -0.4 is 5.32 Å². The second kappa shape index (κ2) is 7.26. The number of pyridine rings is 1. The lowest BCUT2D eigenvalue weighted by Crippen LogP contribution is -2.23. The van der Waals surface area contributed by atoms with E-state index in [1.165, 1.54) is 0 Å². The molecule has 0 spiro atoms. The molecule has 142 valence electrons. The number of rotatable bonds is 5. The Labute approximate surface area is 163 Å². The molecule has 1 N–H and O–H groups in total. The Morgan fingerprint density at radius 2 is 1.93 bits per heavy atom. The number of aromatic nitrogens is 5. The molecule has 1 amide bonds. The average Bonchev–Trinajstić information content (AvgIpc) is 3.33. The first kappa shape index (κ1) is 17.9. The van der Waals surface area contributed by atoms with Gasteiger partial charge in [0.25, 0.3) is 5.91 Å². The van der Waals surface area contributed by atoms with Crippen LogP contribution in [0.1, 0.15) is 41.5 Å². The Morgan fingerprint density at radius 1 is 1.14 bits per heavy atom. The molecule has 0 atom stereocenters. The number of carbonyl (C=O) groups excluding carboxylic acids is 1. The number of carbonyl (C=O) groups is 1. The van der Waals surface area contributed by atoms with E-state index >= 15 is 0 Å². The Balaban J connectivity index is 1.50. The van der Waals surface area contributed by atoms with Crippen molar-refractivity contribution in [2.75, 3.05) is 0 Å². The minimum absolute atomic E-state index is 0.156. The van der Waals surface area contributed by atoms with Gasteiger partial charge in [-0.15, -0.1) is 0 Å². The smallest absolute Gasteiger partial charge is 0.253 e. The Bertz CT molecular complexity index is 1130. The fraction of sp³-hybridized carbons (Fsp3) is 0.238. The van der Waals surface area contributed by atoms with Crippen molar-refractivity contribution < 1.29 is 4.79 Å².